The molecule has 0 saturated carbocycles. The normalized spacial score (nSPS) is 12.0. The number of nitrogens with zero attached hydrogens (tertiary/aromatic N) is 2. The number of carboxylic acids is 1. The molecule has 0 bridgehead atoms. The van der Waals surface area contributed by atoms with Gasteiger partial charge in [-0.15, -0.1) is 0 Å². The fraction of sp³-hybridized carbons (Fsp3) is 0.167. The van der Waals surface area contributed by atoms with Crippen LogP contribution >= 0.6 is 0 Å². The third-order valence-electron chi connectivity index (χ3n) is 5.02. The molecule has 0 saturated heterocycles. The van der Waals surface area contributed by atoms with E-state index in [9.17, 15) is 23.6 Å². The van der Waals surface area contributed by atoms with Crippen molar-refractivity contribution in [2.75, 3.05) is 0 Å². The molecule has 0 amide bonds. The van der Waals surface area contributed by atoms with Crippen LogP contribution in [0.25, 0.3) is 11.8 Å². The molecule has 0 unspecified atom stereocenters. The van der Waals surface area contributed by atoms with Crippen molar-refractivity contribution >= 4 is 21.9 Å². The van der Waals surface area contributed by atoms with E-state index >= 15 is 0 Å². The van der Waals surface area contributed by atoms with Crippen molar-refractivity contribution in [3.63, 3.8) is 0 Å². The molecule has 0 fully saturated rings. The van der Waals surface area contributed by atoms with Gasteiger partial charge in [0.2, 0.25) is 9.84 Å². The van der Waals surface area contributed by atoms with Gasteiger partial charge < -0.3 is 9.67 Å². The first kappa shape index (κ1) is 22.1. The zero-order chi connectivity index (χ0) is 22.8. The maximum absolute atomic E-state index is 12.9. The van der Waals surface area contributed by atoms with Crippen molar-refractivity contribution < 1.29 is 18.3 Å². The van der Waals surface area contributed by atoms with Crippen LogP contribution in [0.2, 0.25) is 0 Å². The molecule has 3 aromatic rings. The first-order valence-electron chi connectivity index (χ1n) is 9.65. The number of nitriles is 1. The SMILES string of the molecule is Cc1c(/C=C(\C#N)S(=O)(=O)c2ccccc2)cc(C(C)C)n1-c1ccccc1C(=O)O. The molecule has 0 spiro atoms. The molecule has 2 aromatic carbocycles. The minimum absolute atomic E-state index is 0.0268. The quantitative estimate of drug-likeness (QED) is 0.554. The van der Waals surface area contributed by atoms with Crippen molar-refractivity contribution in [1.82, 2.24) is 4.57 Å². The lowest BCUT2D eigenvalue weighted by Crippen LogP contribution is -2.10. The molecule has 158 valence electrons. The fourth-order valence-corrected chi connectivity index (χ4v) is 4.60. The fourth-order valence-electron chi connectivity index (χ4n) is 3.43. The van der Waals surface area contributed by atoms with Gasteiger partial charge in [0.1, 0.15) is 11.0 Å². The molecule has 0 radical (unpaired) electrons. The Bertz CT molecular complexity index is 1310. The molecule has 1 N–H and O–H groups in total. The van der Waals surface area contributed by atoms with E-state index in [2.05, 4.69) is 0 Å². The molecule has 6 nitrogen and oxygen atoms in total. The Morgan fingerprint density at radius 3 is 2.29 bits per heavy atom. The minimum atomic E-state index is -3.98. The van der Waals surface area contributed by atoms with Crippen LogP contribution in [0.3, 0.4) is 0 Å². The molecular formula is C24H22N2O4S. The average molecular weight is 435 g/mol. The van der Waals surface area contributed by atoms with E-state index in [-0.39, 0.29) is 21.3 Å². The number of sulfone groups is 1. The van der Waals surface area contributed by atoms with Gasteiger partial charge in [-0.25, -0.2) is 13.2 Å². The standard InChI is InChI=1S/C24H22N2O4S/c1-16(2)23-14-18(13-20(15-25)31(29,30)19-9-5-4-6-10-19)17(3)26(23)22-12-8-7-11-21(22)24(27)28/h4-14,16H,1-3H3,(H,27,28)/b20-13+. The zero-order valence-corrected chi connectivity index (χ0v) is 18.2. The number of hydrogen-bond donors (Lipinski definition) is 1. The molecule has 3 rings (SSSR count). The van der Waals surface area contributed by atoms with Crippen LogP contribution in [0, 0.1) is 18.3 Å². The number of carbonyl (C=O) groups is 1. The zero-order valence-electron chi connectivity index (χ0n) is 17.4. The number of allylic oxidation sites excluding steroid dienone is 1. The van der Waals surface area contributed by atoms with Gasteiger partial charge in [-0.1, -0.05) is 44.2 Å². The monoisotopic (exact) mass is 434 g/mol. The number of benzene rings is 2. The van der Waals surface area contributed by atoms with E-state index in [1.54, 1.807) is 49.4 Å². The molecule has 7 heteroatoms. The maximum atomic E-state index is 12.9. The number of hydrogen-bond acceptors (Lipinski definition) is 4. The minimum Gasteiger partial charge on any atom is -0.478 e. The second kappa shape index (κ2) is 8.62. The highest BCUT2D eigenvalue weighted by atomic mass is 32.2. The number of aromatic nitrogens is 1. The predicted octanol–water partition coefficient (Wildman–Crippen LogP) is 4.95. The summed E-state index contributed by atoms with van der Waals surface area (Å²) in [6.45, 7) is 5.71. The largest absolute Gasteiger partial charge is 0.478 e. The van der Waals surface area contributed by atoms with Crippen molar-refractivity contribution in [2.24, 2.45) is 0 Å². The van der Waals surface area contributed by atoms with Crippen LogP contribution in [0.15, 0.2) is 70.5 Å². The summed E-state index contributed by atoms with van der Waals surface area (Å²) in [6.07, 6.45) is 1.35. The molecule has 0 aliphatic heterocycles. The highest BCUT2D eigenvalue weighted by Gasteiger charge is 2.23. The van der Waals surface area contributed by atoms with Crippen LogP contribution in [-0.2, 0) is 9.84 Å². The number of carboxylic acid groups (broad SMARTS) is 1. The maximum Gasteiger partial charge on any atom is 0.337 e. The van der Waals surface area contributed by atoms with Crippen LogP contribution in [0.1, 0.15) is 47.1 Å². The van der Waals surface area contributed by atoms with Crippen LogP contribution in [0.5, 0.6) is 0 Å². The van der Waals surface area contributed by atoms with Gasteiger partial charge in [0.25, 0.3) is 0 Å². The molecule has 1 heterocycles. The summed E-state index contributed by atoms with van der Waals surface area (Å²) in [7, 11) is -3.98. The third-order valence-corrected chi connectivity index (χ3v) is 6.70. The molecule has 0 atom stereocenters. The summed E-state index contributed by atoms with van der Waals surface area (Å²) >= 11 is 0. The first-order chi connectivity index (χ1) is 14.7. The highest BCUT2D eigenvalue weighted by molar-refractivity contribution is 7.95. The van der Waals surface area contributed by atoms with Crippen molar-refractivity contribution in [1.29, 1.82) is 5.26 Å². The van der Waals surface area contributed by atoms with Gasteiger partial charge in [-0.3, -0.25) is 0 Å². The second-order valence-corrected chi connectivity index (χ2v) is 9.28. The van der Waals surface area contributed by atoms with Gasteiger partial charge in [0, 0.05) is 11.4 Å². The Balaban J connectivity index is 2.24. The van der Waals surface area contributed by atoms with Crippen LogP contribution < -0.4 is 0 Å². The van der Waals surface area contributed by atoms with Gasteiger partial charge in [-0.05, 0) is 54.8 Å². The Morgan fingerprint density at radius 2 is 1.71 bits per heavy atom. The highest BCUT2D eigenvalue weighted by Crippen LogP contribution is 2.31. The molecule has 0 aliphatic rings. The van der Waals surface area contributed by atoms with Crippen molar-refractivity contribution in [3.8, 4) is 11.8 Å². The first-order valence-corrected chi connectivity index (χ1v) is 11.1. The summed E-state index contributed by atoms with van der Waals surface area (Å²) < 4.78 is 27.7. The van der Waals surface area contributed by atoms with Crippen LogP contribution in [0.4, 0.5) is 0 Å². The van der Waals surface area contributed by atoms with Crippen LogP contribution in [-0.4, -0.2) is 24.1 Å². The molecular weight excluding hydrogens is 412 g/mol. The van der Waals surface area contributed by atoms with E-state index in [0.29, 0.717) is 16.9 Å². The lowest BCUT2D eigenvalue weighted by molar-refractivity contribution is 0.0697. The predicted molar refractivity (Wildman–Crippen MR) is 119 cm³/mol. The van der Waals surface area contributed by atoms with E-state index in [4.69, 9.17) is 0 Å². The molecule has 0 aliphatic carbocycles. The lowest BCUT2D eigenvalue weighted by Gasteiger charge is -2.16. The summed E-state index contributed by atoms with van der Waals surface area (Å²) in [5.74, 6) is -1.03. The van der Waals surface area contributed by atoms with Gasteiger partial charge in [0.05, 0.1) is 16.1 Å². The molecule has 31 heavy (non-hydrogen) atoms. The topological polar surface area (TPSA) is 100 Å². The van der Waals surface area contributed by atoms with E-state index in [0.717, 1.165) is 5.69 Å². The Kier molecular flexibility index (Phi) is 6.14. The molecule has 1 aromatic heterocycles. The Morgan fingerprint density at radius 1 is 1.10 bits per heavy atom. The lowest BCUT2D eigenvalue weighted by atomic mass is 10.1. The van der Waals surface area contributed by atoms with Crippen molar-refractivity contribution in [2.45, 2.75) is 31.6 Å². The van der Waals surface area contributed by atoms with Gasteiger partial charge in [0.15, 0.2) is 0 Å². The number of aromatic carboxylic acids is 1. The smallest absolute Gasteiger partial charge is 0.337 e. The second-order valence-electron chi connectivity index (χ2n) is 7.36. The van der Waals surface area contributed by atoms with E-state index < -0.39 is 15.8 Å². The summed E-state index contributed by atoms with van der Waals surface area (Å²) in [5, 5.41) is 19.2. The van der Waals surface area contributed by atoms with E-state index in [1.165, 1.54) is 24.3 Å². The third kappa shape index (κ3) is 4.16. The number of para-hydroxylation sites is 1. The number of rotatable bonds is 6. The Labute approximate surface area is 181 Å². The Hall–Kier alpha value is -3.63. The summed E-state index contributed by atoms with van der Waals surface area (Å²) in [6, 6.07) is 18.1. The average Bonchev–Trinajstić information content (AvgIpc) is 3.08. The van der Waals surface area contributed by atoms with E-state index in [1.807, 2.05) is 24.5 Å². The van der Waals surface area contributed by atoms with Gasteiger partial charge in [-0.2, -0.15) is 5.26 Å². The summed E-state index contributed by atoms with van der Waals surface area (Å²) in [5.41, 5.74) is 2.62. The van der Waals surface area contributed by atoms with Crippen molar-refractivity contribution in [3.05, 3.63) is 88.1 Å². The van der Waals surface area contributed by atoms with Gasteiger partial charge >= 0.3 is 5.97 Å². The summed E-state index contributed by atoms with van der Waals surface area (Å²) in [4.78, 5) is 11.4.